The fraction of sp³-hybridized carbons (Fsp3) is 0.955. The SMILES string of the molecule is CN=C(NCC1(N2CCOCC2)CCCCC1)N1CCC(OCCCOC)CC1.I. The van der Waals surface area contributed by atoms with Crippen LogP contribution in [0.25, 0.3) is 0 Å². The van der Waals surface area contributed by atoms with Crippen molar-refractivity contribution in [3.05, 3.63) is 0 Å². The van der Waals surface area contributed by atoms with Crippen LogP contribution in [0.5, 0.6) is 0 Å². The first-order valence-corrected chi connectivity index (χ1v) is 11.7. The Balaban J connectivity index is 0.00000320. The van der Waals surface area contributed by atoms with E-state index in [9.17, 15) is 0 Å². The van der Waals surface area contributed by atoms with Gasteiger partial charge in [-0.3, -0.25) is 9.89 Å². The number of nitrogens with one attached hydrogen (secondary N) is 1. The van der Waals surface area contributed by atoms with Gasteiger partial charge >= 0.3 is 0 Å². The first-order chi connectivity index (χ1) is 14.3. The average Bonchev–Trinajstić information content (AvgIpc) is 2.79. The van der Waals surface area contributed by atoms with Crippen LogP contribution in [0.4, 0.5) is 0 Å². The maximum Gasteiger partial charge on any atom is 0.193 e. The van der Waals surface area contributed by atoms with Crippen molar-refractivity contribution in [3.63, 3.8) is 0 Å². The lowest BCUT2D eigenvalue weighted by molar-refractivity contribution is -0.0356. The topological polar surface area (TPSA) is 58.6 Å². The molecule has 2 heterocycles. The number of likely N-dealkylation sites (tertiary alicyclic amines) is 1. The highest BCUT2D eigenvalue weighted by atomic mass is 127. The fourth-order valence-corrected chi connectivity index (χ4v) is 5.12. The molecule has 8 heteroatoms. The number of methoxy groups -OCH3 is 1. The van der Waals surface area contributed by atoms with Crippen LogP contribution < -0.4 is 5.32 Å². The van der Waals surface area contributed by atoms with E-state index in [0.29, 0.717) is 6.10 Å². The second-order valence-electron chi connectivity index (χ2n) is 8.69. The Kier molecular flexibility index (Phi) is 12.2. The largest absolute Gasteiger partial charge is 0.385 e. The molecule has 176 valence electrons. The van der Waals surface area contributed by atoms with Gasteiger partial charge in [0.05, 0.1) is 19.3 Å². The van der Waals surface area contributed by atoms with Crippen LogP contribution in [0, 0.1) is 0 Å². The van der Waals surface area contributed by atoms with E-state index in [1.54, 1.807) is 7.11 Å². The molecule has 3 fully saturated rings. The third-order valence-corrected chi connectivity index (χ3v) is 6.84. The van der Waals surface area contributed by atoms with Crippen molar-refractivity contribution in [2.75, 3.05) is 73.3 Å². The Morgan fingerprint density at radius 2 is 1.77 bits per heavy atom. The average molecular weight is 539 g/mol. The van der Waals surface area contributed by atoms with E-state index in [1.165, 1.54) is 32.1 Å². The van der Waals surface area contributed by atoms with Crippen LogP contribution in [-0.4, -0.2) is 101 Å². The van der Waals surface area contributed by atoms with E-state index in [-0.39, 0.29) is 29.5 Å². The summed E-state index contributed by atoms with van der Waals surface area (Å²) in [6.45, 7) is 8.46. The van der Waals surface area contributed by atoms with Crippen molar-refractivity contribution in [3.8, 4) is 0 Å². The molecule has 0 bridgehead atoms. The van der Waals surface area contributed by atoms with Crippen molar-refractivity contribution >= 4 is 29.9 Å². The van der Waals surface area contributed by atoms with Gasteiger partial charge in [-0.25, -0.2) is 0 Å². The van der Waals surface area contributed by atoms with Gasteiger partial charge < -0.3 is 24.4 Å². The summed E-state index contributed by atoms with van der Waals surface area (Å²) in [5, 5.41) is 3.76. The van der Waals surface area contributed by atoms with Gasteiger partial charge in [0.1, 0.15) is 0 Å². The molecule has 0 aromatic heterocycles. The van der Waals surface area contributed by atoms with Crippen molar-refractivity contribution in [1.29, 1.82) is 0 Å². The van der Waals surface area contributed by atoms with E-state index in [1.807, 2.05) is 7.05 Å². The molecule has 1 aliphatic carbocycles. The van der Waals surface area contributed by atoms with Crippen molar-refractivity contribution in [1.82, 2.24) is 15.1 Å². The van der Waals surface area contributed by atoms with E-state index in [0.717, 1.165) is 84.4 Å². The maximum atomic E-state index is 6.01. The van der Waals surface area contributed by atoms with Gasteiger partial charge in [-0.1, -0.05) is 19.3 Å². The zero-order chi connectivity index (χ0) is 20.4. The molecule has 0 unspecified atom stereocenters. The number of ether oxygens (including phenoxy) is 3. The quantitative estimate of drug-likeness (QED) is 0.222. The molecule has 0 aromatic rings. The van der Waals surface area contributed by atoms with Crippen LogP contribution in [0.2, 0.25) is 0 Å². The molecule has 1 saturated carbocycles. The number of hydrogen-bond donors (Lipinski definition) is 1. The number of piperidine rings is 1. The highest BCUT2D eigenvalue weighted by Crippen LogP contribution is 2.34. The van der Waals surface area contributed by atoms with Crippen LogP contribution in [0.15, 0.2) is 4.99 Å². The molecule has 2 saturated heterocycles. The molecule has 0 spiro atoms. The molecule has 7 nitrogen and oxygen atoms in total. The number of morpholine rings is 1. The van der Waals surface area contributed by atoms with Gasteiger partial charge in [0.2, 0.25) is 0 Å². The summed E-state index contributed by atoms with van der Waals surface area (Å²) in [4.78, 5) is 9.71. The minimum atomic E-state index is 0. The molecule has 0 atom stereocenters. The monoisotopic (exact) mass is 538 g/mol. The molecular weight excluding hydrogens is 495 g/mol. The normalized spacial score (nSPS) is 23.8. The number of aliphatic imine (C=N–C) groups is 1. The zero-order valence-corrected chi connectivity index (χ0v) is 21.4. The highest BCUT2D eigenvalue weighted by molar-refractivity contribution is 14.0. The molecule has 0 radical (unpaired) electrons. The first kappa shape index (κ1) is 26.1. The Morgan fingerprint density at radius 1 is 1.07 bits per heavy atom. The third kappa shape index (κ3) is 7.46. The minimum Gasteiger partial charge on any atom is -0.385 e. The fourth-order valence-electron chi connectivity index (χ4n) is 5.12. The first-order valence-electron chi connectivity index (χ1n) is 11.7. The minimum absolute atomic E-state index is 0. The second kappa shape index (κ2) is 14.1. The lowest BCUT2D eigenvalue weighted by Gasteiger charge is -2.48. The number of guanidine groups is 1. The van der Waals surface area contributed by atoms with Crippen LogP contribution >= 0.6 is 24.0 Å². The Hall–Kier alpha value is -0.160. The Labute approximate surface area is 200 Å². The number of hydrogen-bond acceptors (Lipinski definition) is 5. The molecular formula is C22H43IN4O3. The molecule has 1 N–H and O–H groups in total. The molecule has 2 aliphatic heterocycles. The van der Waals surface area contributed by atoms with Gasteiger partial charge in [-0.05, 0) is 32.1 Å². The standard InChI is InChI=1S/C22H42N4O3.HI/c1-23-21(25-11-7-20(8-12-25)29-16-6-15-27-2)24-19-22(9-4-3-5-10-22)26-13-17-28-18-14-26;/h20H,3-19H2,1-2H3,(H,23,24);1H. The number of rotatable bonds is 8. The van der Waals surface area contributed by atoms with Gasteiger partial charge in [0, 0.05) is 65.6 Å². The Morgan fingerprint density at radius 3 is 2.40 bits per heavy atom. The predicted molar refractivity (Wildman–Crippen MR) is 132 cm³/mol. The van der Waals surface area contributed by atoms with E-state index < -0.39 is 0 Å². The highest BCUT2D eigenvalue weighted by Gasteiger charge is 2.39. The molecule has 3 rings (SSSR count). The van der Waals surface area contributed by atoms with E-state index in [4.69, 9.17) is 14.2 Å². The van der Waals surface area contributed by atoms with Crippen molar-refractivity contribution in [2.45, 2.75) is 63.0 Å². The molecule has 3 aliphatic rings. The Bertz CT molecular complexity index is 489. The molecule has 0 aromatic carbocycles. The van der Waals surface area contributed by atoms with Gasteiger partial charge in [-0.15, -0.1) is 24.0 Å². The summed E-state index contributed by atoms with van der Waals surface area (Å²) in [6.07, 6.45) is 10.1. The van der Waals surface area contributed by atoms with Crippen molar-refractivity contribution < 1.29 is 14.2 Å². The zero-order valence-electron chi connectivity index (χ0n) is 19.1. The van der Waals surface area contributed by atoms with Gasteiger partial charge in [0.15, 0.2) is 5.96 Å². The maximum absolute atomic E-state index is 6.01. The van der Waals surface area contributed by atoms with Gasteiger partial charge in [-0.2, -0.15) is 0 Å². The summed E-state index contributed by atoms with van der Waals surface area (Å²) in [7, 11) is 3.66. The summed E-state index contributed by atoms with van der Waals surface area (Å²) in [5.74, 6) is 1.06. The van der Waals surface area contributed by atoms with E-state index >= 15 is 0 Å². The smallest absolute Gasteiger partial charge is 0.193 e. The molecule has 0 amide bonds. The number of halogens is 1. The lowest BCUT2D eigenvalue weighted by Crippen LogP contribution is -2.61. The van der Waals surface area contributed by atoms with Crippen LogP contribution in [-0.2, 0) is 14.2 Å². The van der Waals surface area contributed by atoms with Crippen LogP contribution in [0.3, 0.4) is 0 Å². The number of nitrogens with zero attached hydrogens (tertiary/aromatic N) is 3. The lowest BCUT2D eigenvalue weighted by atomic mass is 9.79. The third-order valence-electron chi connectivity index (χ3n) is 6.84. The molecule has 30 heavy (non-hydrogen) atoms. The summed E-state index contributed by atoms with van der Waals surface area (Å²) >= 11 is 0. The second-order valence-corrected chi connectivity index (χ2v) is 8.69. The summed E-state index contributed by atoms with van der Waals surface area (Å²) in [5.41, 5.74) is 0.265. The van der Waals surface area contributed by atoms with Gasteiger partial charge in [0.25, 0.3) is 0 Å². The van der Waals surface area contributed by atoms with Crippen molar-refractivity contribution in [2.24, 2.45) is 4.99 Å². The summed E-state index contributed by atoms with van der Waals surface area (Å²) in [6, 6.07) is 0. The predicted octanol–water partition coefficient (Wildman–Crippen LogP) is 2.73. The summed E-state index contributed by atoms with van der Waals surface area (Å²) < 4.78 is 16.7. The van der Waals surface area contributed by atoms with E-state index in [2.05, 4.69) is 20.1 Å². The van der Waals surface area contributed by atoms with Crippen LogP contribution in [0.1, 0.15) is 51.4 Å².